The SMILES string of the molecule is CCOc1c(Br)cc(CNC2CCC(O)CC2)cc1OC.Cl. The molecule has 2 rings (SSSR count). The van der Waals surface area contributed by atoms with E-state index in [1.807, 2.05) is 13.0 Å². The van der Waals surface area contributed by atoms with E-state index in [1.165, 1.54) is 0 Å². The first-order valence-electron chi connectivity index (χ1n) is 7.54. The highest BCUT2D eigenvalue weighted by Crippen LogP contribution is 2.36. The molecule has 0 unspecified atom stereocenters. The number of hydrogen-bond donors (Lipinski definition) is 2. The lowest BCUT2D eigenvalue weighted by atomic mass is 9.93. The number of hydrogen-bond acceptors (Lipinski definition) is 4. The molecule has 2 N–H and O–H groups in total. The normalized spacial score (nSPS) is 21.1. The molecular formula is C16H25BrClNO3. The van der Waals surface area contributed by atoms with Gasteiger partial charge in [-0.15, -0.1) is 12.4 Å². The number of aliphatic hydroxyl groups excluding tert-OH is 1. The highest BCUT2D eigenvalue weighted by molar-refractivity contribution is 9.10. The van der Waals surface area contributed by atoms with Crippen LogP contribution in [0.4, 0.5) is 0 Å². The van der Waals surface area contributed by atoms with Gasteiger partial charge in [0, 0.05) is 12.6 Å². The zero-order valence-corrected chi connectivity index (χ0v) is 15.5. The maximum atomic E-state index is 9.53. The molecule has 6 heteroatoms. The molecule has 4 nitrogen and oxygen atoms in total. The summed E-state index contributed by atoms with van der Waals surface area (Å²) in [6.07, 6.45) is 3.76. The third-order valence-corrected chi connectivity index (χ3v) is 4.46. The fraction of sp³-hybridized carbons (Fsp3) is 0.625. The van der Waals surface area contributed by atoms with Crippen molar-refractivity contribution >= 4 is 28.3 Å². The van der Waals surface area contributed by atoms with Crippen molar-refractivity contribution in [1.29, 1.82) is 0 Å². The Morgan fingerprint density at radius 2 is 1.95 bits per heavy atom. The molecule has 0 aromatic heterocycles. The van der Waals surface area contributed by atoms with Gasteiger partial charge in [0.05, 0.1) is 24.3 Å². The largest absolute Gasteiger partial charge is 0.493 e. The second-order valence-electron chi connectivity index (χ2n) is 5.43. The summed E-state index contributed by atoms with van der Waals surface area (Å²) in [5, 5.41) is 13.1. The van der Waals surface area contributed by atoms with Crippen LogP contribution in [-0.2, 0) is 6.54 Å². The van der Waals surface area contributed by atoms with Gasteiger partial charge in [-0.1, -0.05) is 0 Å². The van der Waals surface area contributed by atoms with Crippen LogP contribution in [0.5, 0.6) is 11.5 Å². The van der Waals surface area contributed by atoms with Crippen molar-refractivity contribution < 1.29 is 14.6 Å². The molecular weight excluding hydrogens is 370 g/mol. The van der Waals surface area contributed by atoms with Crippen LogP contribution in [0.2, 0.25) is 0 Å². The summed E-state index contributed by atoms with van der Waals surface area (Å²) in [4.78, 5) is 0. The molecule has 1 saturated carbocycles. The van der Waals surface area contributed by atoms with Crippen LogP contribution in [-0.4, -0.2) is 31.0 Å². The van der Waals surface area contributed by atoms with Crippen molar-refractivity contribution in [3.63, 3.8) is 0 Å². The zero-order chi connectivity index (χ0) is 15.2. The topological polar surface area (TPSA) is 50.7 Å². The van der Waals surface area contributed by atoms with E-state index in [9.17, 15) is 5.11 Å². The average molecular weight is 395 g/mol. The van der Waals surface area contributed by atoms with Gasteiger partial charge in [-0.25, -0.2) is 0 Å². The third kappa shape index (κ3) is 5.30. The van der Waals surface area contributed by atoms with Crippen molar-refractivity contribution in [2.45, 2.75) is 51.3 Å². The Morgan fingerprint density at radius 3 is 2.55 bits per heavy atom. The molecule has 0 atom stereocenters. The van der Waals surface area contributed by atoms with Gasteiger partial charge in [-0.3, -0.25) is 0 Å². The first-order chi connectivity index (χ1) is 10.1. The highest BCUT2D eigenvalue weighted by Gasteiger charge is 2.19. The molecule has 0 heterocycles. The standard InChI is InChI=1S/C16H24BrNO3.ClH/c1-3-21-16-14(17)8-11(9-15(16)20-2)10-18-12-4-6-13(19)7-5-12;/h8-9,12-13,18-19H,3-7,10H2,1-2H3;1H. The van der Waals surface area contributed by atoms with Crippen LogP contribution < -0.4 is 14.8 Å². The summed E-state index contributed by atoms with van der Waals surface area (Å²) in [6, 6.07) is 4.57. The minimum atomic E-state index is -0.109. The van der Waals surface area contributed by atoms with Crippen molar-refractivity contribution in [2.75, 3.05) is 13.7 Å². The molecule has 1 aromatic rings. The van der Waals surface area contributed by atoms with Gasteiger partial charge in [-0.2, -0.15) is 0 Å². The summed E-state index contributed by atoms with van der Waals surface area (Å²) < 4.78 is 11.9. The predicted octanol–water partition coefficient (Wildman–Crippen LogP) is 3.67. The van der Waals surface area contributed by atoms with Gasteiger partial charge < -0.3 is 19.9 Å². The molecule has 126 valence electrons. The van der Waals surface area contributed by atoms with Gasteiger partial charge >= 0.3 is 0 Å². The van der Waals surface area contributed by atoms with Gasteiger partial charge in [0.2, 0.25) is 0 Å². The lowest BCUT2D eigenvalue weighted by Gasteiger charge is -2.26. The Balaban J connectivity index is 0.00000242. The second-order valence-corrected chi connectivity index (χ2v) is 6.28. The number of aliphatic hydroxyl groups is 1. The minimum absolute atomic E-state index is 0. The minimum Gasteiger partial charge on any atom is -0.493 e. The van der Waals surface area contributed by atoms with E-state index in [0.29, 0.717) is 12.6 Å². The van der Waals surface area contributed by atoms with Gasteiger partial charge in [0.1, 0.15) is 0 Å². The molecule has 1 fully saturated rings. The Bertz CT molecular complexity index is 465. The first-order valence-corrected chi connectivity index (χ1v) is 8.34. The summed E-state index contributed by atoms with van der Waals surface area (Å²) in [5.74, 6) is 1.51. The molecule has 0 spiro atoms. The Hall–Kier alpha value is -0.490. The van der Waals surface area contributed by atoms with Crippen molar-refractivity contribution in [3.05, 3.63) is 22.2 Å². The van der Waals surface area contributed by atoms with Crippen LogP contribution in [0.1, 0.15) is 38.2 Å². The van der Waals surface area contributed by atoms with E-state index in [1.54, 1.807) is 7.11 Å². The molecule has 0 bridgehead atoms. The number of methoxy groups -OCH3 is 1. The van der Waals surface area contributed by atoms with E-state index in [2.05, 4.69) is 27.3 Å². The molecule has 0 radical (unpaired) electrons. The number of benzene rings is 1. The van der Waals surface area contributed by atoms with Crippen LogP contribution in [0, 0.1) is 0 Å². The molecule has 0 aliphatic heterocycles. The van der Waals surface area contributed by atoms with Crippen LogP contribution in [0.15, 0.2) is 16.6 Å². The smallest absolute Gasteiger partial charge is 0.175 e. The van der Waals surface area contributed by atoms with Crippen molar-refractivity contribution in [1.82, 2.24) is 5.32 Å². The fourth-order valence-electron chi connectivity index (χ4n) is 2.70. The summed E-state index contributed by atoms with van der Waals surface area (Å²) >= 11 is 3.55. The van der Waals surface area contributed by atoms with Gasteiger partial charge in [-0.05, 0) is 66.2 Å². The lowest BCUT2D eigenvalue weighted by molar-refractivity contribution is 0.116. The summed E-state index contributed by atoms with van der Waals surface area (Å²) in [6.45, 7) is 3.36. The number of ether oxygens (including phenoxy) is 2. The first kappa shape index (κ1) is 19.6. The van der Waals surface area contributed by atoms with Gasteiger partial charge in [0.15, 0.2) is 11.5 Å². The Kier molecular flexibility index (Phi) is 8.54. The second kappa shape index (κ2) is 9.60. The van der Waals surface area contributed by atoms with E-state index in [4.69, 9.17) is 9.47 Å². The van der Waals surface area contributed by atoms with Crippen LogP contribution >= 0.6 is 28.3 Å². The van der Waals surface area contributed by atoms with Crippen LogP contribution in [0.3, 0.4) is 0 Å². The zero-order valence-electron chi connectivity index (χ0n) is 13.1. The Labute approximate surface area is 147 Å². The van der Waals surface area contributed by atoms with E-state index < -0.39 is 0 Å². The molecule has 1 aliphatic rings. The van der Waals surface area contributed by atoms with Gasteiger partial charge in [0.25, 0.3) is 0 Å². The molecule has 0 saturated heterocycles. The summed E-state index contributed by atoms with van der Waals surface area (Å²) in [5.41, 5.74) is 1.16. The predicted molar refractivity (Wildman–Crippen MR) is 94.2 cm³/mol. The van der Waals surface area contributed by atoms with E-state index in [-0.39, 0.29) is 18.5 Å². The quantitative estimate of drug-likeness (QED) is 0.773. The summed E-state index contributed by atoms with van der Waals surface area (Å²) in [7, 11) is 1.66. The molecule has 1 aromatic carbocycles. The molecule has 1 aliphatic carbocycles. The average Bonchev–Trinajstić information content (AvgIpc) is 2.49. The lowest BCUT2D eigenvalue weighted by Crippen LogP contribution is -2.34. The van der Waals surface area contributed by atoms with E-state index >= 15 is 0 Å². The number of nitrogens with one attached hydrogen (secondary N) is 1. The van der Waals surface area contributed by atoms with Crippen LogP contribution in [0.25, 0.3) is 0 Å². The fourth-order valence-corrected chi connectivity index (χ4v) is 3.31. The third-order valence-electron chi connectivity index (χ3n) is 3.87. The molecule has 0 amide bonds. The van der Waals surface area contributed by atoms with E-state index in [0.717, 1.165) is 53.8 Å². The highest BCUT2D eigenvalue weighted by atomic mass is 79.9. The number of halogens is 2. The maximum Gasteiger partial charge on any atom is 0.175 e. The monoisotopic (exact) mass is 393 g/mol. The Morgan fingerprint density at radius 1 is 1.27 bits per heavy atom. The number of rotatable bonds is 6. The maximum absolute atomic E-state index is 9.53. The molecule has 22 heavy (non-hydrogen) atoms. The van der Waals surface area contributed by atoms with Crippen molar-refractivity contribution in [2.24, 2.45) is 0 Å². The van der Waals surface area contributed by atoms with Crippen molar-refractivity contribution in [3.8, 4) is 11.5 Å².